The second kappa shape index (κ2) is 8.53. The van der Waals surface area contributed by atoms with Gasteiger partial charge in [0.2, 0.25) is 0 Å². The monoisotopic (exact) mass is 320 g/mol. The van der Waals surface area contributed by atoms with Gasteiger partial charge in [-0.15, -0.1) is 0 Å². The lowest BCUT2D eigenvalue weighted by molar-refractivity contribution is -0.122. The number of amides is 1. The third kappa shape index (κ3) is 4.84. The summed E-state index contributed by atoms with van der Waals surface area (Å²) in [5.74, 6) is 0.499. The first-order valence-electron chi connectivity index (χ1n) is 7.03. The Balaban J connectivity index is 1.85. The van der Waals surface area contributed by atoms with Crippen LogP contribution in [-0.4, -0.2) is 31.2 Å². The van der Waals surface area contributed by atoms with Crippen LogP contribution in [0.5, 0.6) is 5.75 Å². The minimum atomic E-state index is -0.523. The molecule has 1 unspecified atom stereocenters. The van der Waals surface area contributed by atoms with Crippen LogP contribution in [0, 0.1) is 0 Å². The molecular weight excluding hydrogens is 300 g/mol. The summed E-state index contributed by atoms with van der Waals surface area (Å²) >= 11 is 1.57. The first-order chi connectivity index (χ1) is 10.7. The Morgan fingerprint density at radius 3 is 2.91 bits per heavy atom. The number of aliphatic hydroxyl groups excluding tert-OH is 1. The maximum Gasteiger partial charge on any atom is 0.257 e. The van der Waals surface area contributed by atoms with Gasteiger partial charge in [-0.2, -0.15) is 11.3 Å². The van der Waals surface area contributed by atoms with Crippen molar-refractivity contribution in [3.8, 4) is 5.75 Å². The zero-order chi connectivity index (χ0) is 15.8. The molecule has 5 nitrogen and oxygen atoms in total. The van der Waals surface area contributed by atoms with Gasteiger partial charge < -0.3 is 20.5 Å². The van der Waals surface area contributed by atoms with E-state index in [0.29, 0.717) is 18.8 Å². The van der Waals surface area contributed by atoms with Crippen molar-refractivity contribution in [2.24, 2.45) is 0 Å². The minimum Gasteiger partial charge on any atom is -0.483 e. The molecule has 0 aliphatic rings. The minimum absolute atomic E-state index is 0.00889. The molecule has 0 fully saturated rings. The Morgan fingerprint density at radius 2 is 2.18 bits per heavy atom. The Hall–Kier alpha value is -1.89. The molecule has 1 atom stereocenters. The molecule has 0 saturated carbocycles. The number of ether oxygens (including phenoxy) is 1. The number of rotatable bonds is 8. The second-order valence-corrected chi connectivity index (χ2v) is 5.55. The first-order valence-corrected chi connectivity index (χ1v) is 7.97. The van der Waals surface area contributed by atoms with Crippen LogP contribution in [0.1, 0.15) is 17.2 Å². The Morgan fingerprint density at radius 1 is 1.36 bits per heavy atom. The molecule has 2 aromatic rings. The Labute approximate surface area is 133 Å². The number of thiophene rings is 1. The van der Waals surface area contributed by atoms with E-state index in [4.69, 9.17) is 4.74 Å². The first kappa shape index (κ1) is 16.5. The molecular formula is C16H20N2O3S. The summed E-state index contributed by atoms with van der Waals surface area (Å²) in [6.07, 6.45) is -0.523. The molecule has 0 bridgehead atoms. The van der Waals surface area contributed by atoms with E-state index in [1.54, 1.807) is 18.4 Å². The van der Waals surface area contributed by atoms with E-state index < -0.39 is 6.10 Å². The topological polar surface area (TPSA) is 70.6 Å². The smallest absolute Gasteiger partial charge is 0.257 e. The number of para-hydroxylation sites is 1. The summed E-state index contributed by atoms with van der Waals surface area (Å²) in [4.78, 5) is 11.2. The summed E-state index contributed by atoms with van der Waals surface area (Å²) < 4.78 is 5.51. The van der Waals surface area contributed by atoms with Gasteiger partial charge in [0.1, 0.15) is 5.75 Å². The summed E-state index contributed by atoms with van der Waals surface area (Å²) in [5.41, 5.74) is 1.87. The van der Waals surface area contributed by atoms with Crippen molar-refractivity contribution in [2.45, 2.75) is 12.6 Å². The van der Waals surface area contributed by atoms with Crippen LogP contribution in [-0.2, 0) is 11.3 Å². The zero-order valence-corrected chi connectivity index (χ0v) is 13.2. The fourth-order valence-corrected chi connectivity index (χ4v) is 2.64. The molecule has 0 spiro atoms. The molecule has 1 aromatic carbocycles. The molecule has 1 heterocycles. The molecule has 2 rings (SSSR count). The predicted molar refractivity (Wildman–Crippen MR) is 87.0 cm³/mol. The summed E-state index contributed by atoms with van der Waals surface area (Å²) in [7, 11) is 1.57. The lowest BCUT2D eigenvalue weighted by atomic mass is 10.1. The van der Waals surface area contributed by atoms with Crippen LogP contribution in [0.25, 0.3) is 0 Å². The van der Waals surface area contributed by atoms with Gasteiger partial charge in [0, 0.05) is 25.7 Å². The molecule has 1 amide bonds. The van der Waals surface area contributed by atoms with Crippen molar-refractivity contribution in [1.29, 1.82) is 0 Å². The standard InChI is InChI=1S/C16H20N2O3S/c1-17-16(20)10-21-15-5-3-2-4-12(15)8-18-9-14(19)13-6-7-22-11-13/h2-7,11,14,18-19H,8-10H2,1H3,(H,17,20). The maximum absolute atomic E-state index is 11.2. The summed E-state index contributed by atoms with van der Waals surface area (Å²) in [5, 5.41) is 19.6. The van der Waals surface area contributed by atoms with E-state index in [1.165, 1.54) is 0 Å². The number of carbonyl (C=O) groups is 1. The van der Waals surface area contributed by atoms with E-state index in [2.05, 4.69) is 10.6 Å². The van der Waals surface area contributed by atoms with Gasteiger partial charge in [0.15, 0.2) is 6.61 Å². The van der Waals surface area contributed by atoms with Crippen LogP contribution < -0.4 is 15.4 Å². The largest absolute Gasteiger partial charge is 0.483 e. The van der Waals surface area contributed by atoms with Gasteiger partial charge >= 0.3 is 0 Å². The number of carbonyl (C=O) groups excluding carboxylic acids is 1. The molecule has 0 aliphatic carbocycles. The average Bonchev–Trinajstić information content (AvgIpc) is 3.08. The fourth-order valence-electron chi connectivity index (χ4n) is 1.93. The predicted octanol–water partition coefficient (Wildman–Crippen LogP) is 1.70. The molecule has 118 valence electrons. The van der Waals surface area contributed by atoms with Crippen LogP contribution in [0.15, 0.2) is 41.1 Å². The van der Waals surface area contributed by atoms with Crippen LogP contribution in [0.4, 0.5) is 0 Å². The molecule has 3 N–H and O–H groups in total. The number of aliphatic hydroxyl groups is 1. The lowest BCUT2D eigenvalue weighted by Crippen LogP contribution is -2.25. The van der Waals surface area contributed by atoms with Crippen LogP contribution in [0.3, 0.4) is 0 Å². The number of hydrogen-bond acceptors (Lipinski definition) is 5. The van der Waals surface area contributed by atoms with E-state index in [9.17, 15) is 9.90 Å². The average molecular weight is 320 g/mol. The summed E-state index contributed by atoms with van der Waals surface area (Å²) in [6.45, 7) is 1.01. The molecule has 0 radical (unpaired) electrons. The number of hydrogen-bond donors (Lipinski definition) is 3. The van der Waals surface area contributed by atoms with Gasteiger partial charge in [0.25, 0.3) is 5.91 Å². The number of benzene rings is 1. The molecule has 22 heavy (non-hydrogen) atoms. The second-order valence-electron chi connectivity index (χ2n) is 4.77. The highest BCUT2D eigenvalue weighted by Gasteiger charge is 2.09. The maximum atomic E-state index is 11.2. The van der Waals surface area contributed by atoms with Gasteiger partial charge in [-0.25, -0.2) is 0 Å². The fraction of sp³-hybridized carbons (Fsp3) is 0.312. The van der Waals surface area contributed by atoms with E-state index >= 15 is 0 Å². The summed E-state index contributed by atoms with van der Waals surface area (Å²) in [6, 6.07) is 9.46. The molecule has 6 heteroatoms. The van der Waals surface area contributed by atoms with E-state index in [0.717, 1.165) is 11.1 Å². The molecule has 1 aromatic heterocycles. The van der Waals surface area contributed by atoms with Crippen molar-refractivity contribution >= 4 is 17.2 Å². The van der Waals surface area contributed by atoms with Crippen molar-refractivity contribution in [3.05, 3.63) is 52.2 Å². The van der Waals surface area contributed by atoms with Crippen molar-refractivity contribution in [3.63, 3.8) is 0 Å². The van der Waals surface area contributed by atoms with E-state index in [1.807, 2.05) is 41.1 Å². The van der Waals surface area contributed by atoms with Crippen LogP contribution >= 0.6 is 11.3 Å². The highest BCUT2D eigenvalue weighted by atomic mass is 32.1. The zero-order valence-electron chi connectivity index (χ0n) is 12.4. The SMILES string of the molecule is CNC(=O)COc1ccccc1CNCC(O)c1ccsc1. The van der Waals surface area contributed by atoms with Crippen molar-refractivity contribution < 1.29 is 14.6 Å². The highest BCUT2D eigenvalue weighted by Crippen LogP contribution is 2.19. The number of nitrogens with one attached hydrogen (secondary N) is 2. The Kier molecular flexibility index (Phi) is 6.39. The van der Waals surface area contributed by atoms with Crippen LogP contribution in [0.2, 0.25) is 0 Å². The molecule has 0 saturated heterocycles. The normalized spacial score (nSPS) is 11.9. The lowest BCUT2D eigenvalue weighted by Gasteiger charge is -2.13. The van der Waals surface area contributed by atoms with Gasteiger partial charge in [0.05, 0.1) is 6.10 Å². The third-order valence-electron chi connectivity index (χ3n) is 3.19. The number of likely N-dealkylation sites (N-methyl/N-ethyl adjacent to an activating group) is 1. The van der Waals surface area contributed by atoms with Gasteiger partial charge in [-0.3, -0.25) is 4.79 Å². The Bertz CT molecular complexity index is 587. The molecule has 0 aliphatic heterocycles. The van der Waals surface area contributed by atoms with Crippen molar-refractivity contribution in [1.82, 2.24) is 10.6 Å². The highest BCUT2D eigenvalue weighted by molar-refractivity contribution is 7.07. The quantitative estimate of drug-likeness (QED) is 0.692. The van der Waals surface area contributed by atoms with Crippen molar-refractivity contribution in [2.75, 3.05) is 20.2 Å². The van der Waals surface area contributed by atoms with E-state index in [-0.39, 0.29) is 12.5 Å². The third-order valence-corrected chi connectivity index (χ3v) is 3.89. The van der Waals surface area contributed by atoms with Gasteiger partial charge in [-0.05, 0) is 28.5 Å². The van der Waals surface area contributed by atoms with Gasteiger partial charge in [-0.1, -0.05) is 18.2 Å².